The molecule has 0 aliphatic carbocycles. The molecule has 0 aliphatic rings. The molecule has 0 atom stereocenters. The molecule has 1 N–H and O–H groups in total. The molecule has 0 aliphatic heterocycles. The zero-order chi connectivity index (χ0) is 19.8. The van der Waals surface area contributed by atoms with Crippen LogP contribution in [0.3, 0.4) is 0 Å². The molecule has 0 saturated heterocycles. The number of aromatic nitrogens is 3. The summed E-state index contributed by atoms with van der Waals surface area (Å²) >= 11 is 1.68. The van der Waals surface area contributed by atoms with Crippen molar-refractivity contribution in [2.75, 3.05) is 5.32 Å². The van der Waals surface area contributed by atoms with E-state index in [4.69, 9.17) is 4.98 Å². The second-order valence-corrected chi connectivity index (χ2v) is 8.26. The van der Waals surface area contributed by atoms with Crippen LogP contribution in [0.25, 0.3) is 20.8 Å². The summed E-state index contributed by atoms with van der Waals surface area (Å²) in [6.07, 6.45) is 0. The van der Waals surface area contributed by atoms with E-state index in [-0.39, 0.29) is 11.9 Å². The van der Waals surface area contributed by atoms with Crippen molar-refractivity contribution < 1.29 is 4.79 Å². The zero-order valence-corrected chi connectivity index (χ0v) is 17.2. The molecule has 0 spiro atoms. The van der Waals surface area contributed by atoms with Gasteiger partial charge in [0.15, 0.2) is 5.69 Å². The summed E-state index contributed by atoms with van der Waals surface area (Å²) in [5.41, 5.74) is 5.42. The van der Waals surface area contributed by atoms with E-state index in [0.29, 0.717) is 5.69 Å². The van der Waals surface area contributed by atoms with Crippen molar-refractivity contribution in [2.24, 2.45) is 0 Å². The maximum atomic E-state index is 12.5. The topological polar surface area (TPSA) is 59.8 Å². The summed E-state index contributed by atoms with van der Waals surface area (Å²) in [5, 5.41) is 8.29. The van der Waals surface area contributed by atoms with Crippen molar-refractivity contribution in [3.8, 4) is 10.6 Å². The lowest BCUT2D eigenvalue weighted by Gasteiger charge is -2.07. The number of hydrogen-bond donors (Lipinski definition) is 1. The molecular formula is C22H22N4OS. The molecule has 2 aromatic carbocycles. The first kappa shape index (κ1) is 18.4. The molecule has 28 heavy (non-hydrogen) atoms. The number of carbonyl (C=O) groups is 1. The predicted molar refractivity (Wildman–Crippen MR) is 115 cm³/mol. The molecule has 0 unspecified atom stereocenters. The third-order valence-electron chi connectivity index (χ3n) is 4.58. The molecule has 6 heteroatoms. The van der Waals surface area contributed by atoms with Crippen LogP contribution < -0.4 is 5.32 Å². The van der Waals surface area contributed by atoms with E-state index in [1.165, 1.54) is 10.3 Å². The first-order valence-corrected chi connectivity index (χ1v) is 10.1. The van der Waals surface area contributed by atoms with Gasteiger partial charge in [-0.3, -0.25) is 9.48 Å². The number of aryl methyl sites for hydroxylation is 2. The Morgan fingerprint density at radius 3 is 2.50 bits per heavy atom. The molecule has 2 aromatic heterocycles. The summed E-state index contributed by atoms with van der Waals surface area (Å²) in [6, 6.07) is 16.1. The lowest BCUT2D eigenvalue weighted by molar-refractivity contribution is 0.102. The van der Waals surface area contributed by atoms with Gasteiger partial charge in [-0.05, 0) is 75.7 Å². The Kier molecular flexibility index (Phi) is 4.73. The van der Waals surface area contributed by atoms with Crippen molar-refractivity contribution in [1.29, 1.82) is 0 Å². The molecule has 5 nitrogen and oxygen atoms in total. The van der Waals surface area contributed by atoms with E-state index in [1.807, 2.05) is 55.8 Å². The Morgan fingerprint density at radius 1 is 1.07 bits per heavy atom. The molecule has 2 heterocycles. The van der Waals surface area contributed by atoms with E-state index < -0.39 is 0 Å². The van der Waals surface area contributed by atoms with Crippen molar-refractivity contribution in [2.45, 2.75) is 33.7 Å². The van der Waals surface area contributed by atoms with Gasteiger partial charge in [-0.1, -0.05) is 6.07 Å². The number of hydrogen-bond acceptors (Lipinski definition) is 4. The third kappa shape index (κ3) is 3.55. The van der Waals surface area contributed by atoms with Crippen molar-refractivity contribution in [1.82, 2.24) is 14.8 Å². The lowest BCUT2D eigenvalue weighted by Crippen LogP contribution is -2.13. The predicted octanol–water partition coefficient (Wildman–Crippen LogP) is 5.61. The van der Waals surface area contributed by atoms with Crippen LogP contribution in [0.4, 0.5) is 5.69 Å². The van der Waals surface area contributed by atoms with Crippen LogP contribution in [0.2, 0.25) is 0 Å². The number of carbonyl (C=O) groups excluding carboxylic acids is 1. The highest BCUT2D eigenvalue weighted by Crippen LogP contribution is 2.31. The van der Waals surface area contributed by atoms with Gasteiger partial charge in [-0.25, -0.2) is 4.98 Å². The first-order chi connectivity index (χ1) is 13.4. The molecule has 0 radical (unpaired) electrons. The SMILES string of the molecule is Cc1ccc2nc(-c3ccc(NC(=O)c4cc(C)n(C(C)C)n4)cc3)sc2c1. The molecule has 1 amide bonds. The van der Waals surface area contributed by atoms with Crippen LogP contribution in [0.1, 0.15) is 41.6 Å². The molecule has 142 valence electrons. The fourth-order valence-corrected chi connectivity index (χ4v) is 4.24. The number of nitrogens with one attached hydrogen (secondary N) is 1. The Balaban J connectivity index is 1.52. The normalized spacial score (nSPS) is 11.3. The smallest absolute Gasteiger partial charge is 0.276 e. The third-order valence-corrected chi connectivity index (χ3v) is 5.65. The Labute approximate surface area is 168 Å². The van der Waals surface area contributed by atoms with Crippen LogP contribution in [0, 0.1) is 13.8 Å². The Hall–Kier alpha value is -2.99. The maximum Gasteiger partial charge on any atom is 0.276 e. The van der Waals surface area contributed by atoms with Gasteiger partial charge in [-0.15, -0.1) is 11.3 Å². The number of rotatable bonds is 4. The fourth-order valence-electron chi connectivity index (χ4n) is 3.17. The van der Waals surface area contributed by atoms with Crippen molar-refractivity contribution in [3.63, 3.8) is 0 Å². The molecule has 4 aromatic rings. The minimum Gasteiger partial charge on any atom is -0.321 e. The molecule has 4 rings (SSSR count). The van der Waals surface area contributed by atoms with Crippen LogP contribution in [0.5, 0.6) is 0 Å². The monoisotopic (exact) mass is 390 g/mol. The minimum atomic E-state index is -0.203. The largest absolute Gasteiger partial charge is 0.321 e. The number of nitrogens with zero attached hydrogens (tertiary/aromatic N) is 3. The highest BCUT2D eigenvalue weighted by atomic mass is 32.1. The summed E-state index contributed by atoms with van der Waals surface area (Å²) in [4.78, 5) is 17.2. The summed E-state index contributed by atoms with van der Waals surface area (Å²) < 4.78 is 3.04. The van der Waals surface area contributed by atoms with E-state index in [9.17, 15) is 4.79 Å². The standard InChI is InChI=1S/C22H22N4OS/c1-13(2)26-15(4)12-19(25-26)21(27)23-17-8-6-16(7-9-17)22-24-18-10-5-14(3)11-20(18)28-22/h5-13H,1-4H3,(H,23,27). The average molecular weight is 391 g/mol. The molecular weight excluding hydrogens is 368 g/mol. The number of thiazole rings is 1. The van der Waals surface area contributed by atoms with Gasteiger partial charge in [0, 0.05) is 23.0 Å². The average Bonchev–Trinajstić information content (AvgIpc) is 3.25. The van der Waals surface area contributed by atoms with Gasteiger partial charge < -0.3 is 5.32 Å². The Bertz CT molecular complexity index is 1160. The van der Waals surface area contributed by atoms with Gasteiger partial charge in [0.2, 0.25) is 0 Å². The fraction of sp³-hybridized carbons (Fsp3) is 0.227. The molecule has 0 fully saturated rings. The zero-order valence-electron chi connectivity index (χ0n) is 16.4. The van der Waals surface area contributed by atoms with Crippen LogP contribution in [0.15, 0.2) is 48.5 Å². The maximum absolute atomic E-state index is 12.5. The van der Waals surface area contributed by atoms with Crippen molar-refractivity contribution in [3.05, 3.63) is 65.5 Å². The van der Waals surface area contributed by atoms with Gasteiger partial charge in [0.25, 0.3) is 5.91 Å². The van der Waals surface area contributed by atoms with Crippen molar-refractivity contribution >= 4 is 33.1 Å². The second kappa shape index (κ2) is 7.20. The highest BCUT2D eigenvalue weighted by molar-refractivity contribution is 7.21. The van der Waals surface area contributed by atoms with Gasteiger partial charge in [0.05, 0.1) is 10.2 Å². The lowest BCUT2D eigenvalue weighted by atomic mass is 10.2. The molecule has 0 bridgehead atoms. The van der Waals surface area contributed by atoms with Crippen LogP contribution in [-0.4, -0.2) is 20.7 Å². The number of amides is 1. The number of anilines is 1. The van der Waals surface area contributed by atoms with E-state index in [2.05, 4.69) is 35.5 Å². The highest BCUT2D eigenvalue weighted by Gasteiger charge is 2.14. The summed E-state index contributed by atoms with van der Waals surface area (Å²) in [5.74, 6) is -0.203. The van der Waals surface area contributed by atoms with E-state index in [0.717, 1.165) is 27.5 Å². The second-order valence-electron chi connectivity index (χ2n) is 7.23. The number of fused-ring (bicyclic) bond motifs is 1. The van der Waals surface area contributed by atoms with E-state index >= 15 is 0 Å². The van der Waals surface area contributed by atoms with Crippen LogP contribution in [-0.2, 0) is 0 Å². The minimum absolute atomic E-state index is 0.203. The quantitative estimate of drug-likeness (QED) is 0.493. The van der Waals surface area contributed by atoms with Gasteiger partial charge >= 0.3 is 0 Å². The van der Waals surface area contributed by atoms with E-state index in [1.54, 1.807) is 11.3 Å². The van der Waals surface area contributed by atoms with Gasteiger partial charge in [-0.2, -0.15) is 5.10 Å². The summed E-state index contributed by atoms with van der Waals surface area (Å²) in [7, 11) is 0. The van der Waals surface area contributed by atoms with Gasteiger partial charge in [0.1, 0.15) is 5.01 Å². The van der Waals surface area contributed by atoms with Crippen LogP contribution >= 0.6 is 11.3 Å². The molecule has 0 saturated carbocycles. The Morgan fingerprint density at radius 2 is 1.82 bits per heavy atom. The summed E-state index contributed by atoms with van der Waals surface area (Å²) in [6.45, 7) is 8.13. The number of benzene rings is 2. The first-order valence-electron chi connectivity index (χ1n) is 9.26.